The Bertz CT molecular complexity index is 1000. The summed E-state index contributed by atoms with van der Waals surface area (Å²) in [6.45, 7) is 4.31. The predicted octanol–water partition coefficient (Wildman–Crippen LogP) is 5.84. The molecule has 0 fully saturated rings. The SMILES string of the molecule is CCc1ccc2c(c1)CNC2.CNc1ncc(C(F)(F)F)c(-c2cc(SC)cs2)n1. The normalized spacial score (nSPS) is 12.9. The fourth-order valence-corrected chi connectivity index (χ4v) is 4.63. The topological polar surface area (TPSA) is 49.8 Å². The standard InChI is InChI=1S/C11H10F3N3S2.C10H13N/c1-15-10-16-4-7(11(12,13)14)9(17-10)8-3-6(18-2)5-19-8;1-2-8-3-4-9-6-11-7-10(9)5-8/h3-5H,1-2H3,(H,15,16,17);3-5,11H,2,6-7H2,1H3. The number of fused-ring (bicyclic) bond motifs is 1. The van der Waals surface area contributed by atoms with E-state index in [1.807, 2.05) is 6.26 Å². The van der Waals surface area contributed by atoms with Crippen LogP contribution < -0.4 is 10.6 Å². The first kappa shape index (κ1) is 22.6. The predicted molar refractivity (Wildman–Crippen MR) is 118 cm³/mol. The summed E-state index contributed by atoms with van der Waals surface area (Å²) >= 11 is 2.72. The van der Waals surface area contributed by atoms with E-state index in [2.05, 4.69) is 45.7 Å². The zero-order chi connectivity index (χ0) is 21.7. The molecule has 0 saturated carbocycles. The second-order valence-corrected chi connectivity index (χ2v) is 8.41. The van der Waals surface area contributed by atoms with Gasteiger partial charge in [-0.2, -0.15) is 13.2 Å². The summed E-state index contributed by atoms with van der Waals surface area (Å²) in [4.78, 5) is 8.97. The van der Waals surface area contributed by atoms with Crippen LogP contribution in [0.25, 0.3) is 10.6 Å². The van der Waals surface area contributed by atoms with Crippen LogP contribution in [-0.2, 0) is 25.7 Å². The summed E-state index contributed by atoms with van der Waals surface area (Å²) in [7, 11) is 1.56. The van der Waals surface area contributed by atoms with Gasteiger partial charge in [0.25, 0.3) is 0 Å². The molecule has 1 aromatic carbocycles. The molecule has 2 aromatic heterocycles. The van der Waals surface area contributed by atoms with Gasteiger partial charge >= 0.3 is 6.18 Å². The minimum absolute atomic E-state index is 0.0860. The molecule has 3 aromatic rings. The van der Waals surface area contributed by atoms with Crippen molar-refractivity contribution in [3.05, 3.63) is 58.1 Å². The van der Waals surface area contributed by atoms with E-state index in [-0.39, 0.29) is 11.6 Å². The van der Waals surface area contributed by atoms with Gasteiger partial charge in [0.2, 0.25) is 5.95 Å². The Morgan fingerprint density at radius 3 is 2.60 bits per heavy atom. The molecule has 4 nitrogen and oxygen atoms in total. The third-order valence-corrected chi connectivity index (χ3v) is 6.47. The van der Waals surface area contributed by atoms with Gasteiger partial charge in [-0.15, -0.1) is 23.1 Å². The maximum absolute atomic E-state index is 13.0. The molecule has 0 amide bonds. The fraction of sp³-hybridized carbons (Fsp3) is 0.333. The van der Waals surface area contributed by atoms with Crippen molar-refractivity contribution in [2.24, 2.45) is 0 Å². The summed E-state index contributed by atoms with van der Waals surface area (Å²) < 4.78 is 38.9. The van der Waals surface area contributed by atoms with E-state index in [4.69, 9.17) is 0 Å². The van der Waals surface area contributed by atoms with E-state index in [0.29, 0.717) is 4.88 Å². The lowest BCUT2D eigenvalue weighted by Gasteiger charge is -2.11. The van der Waals surface area contributed by atoms with E-state index in [0.717, 1.165) is 30.6 Å². The van der Waals surface area contributed by atoms with Gasteiger partial charge < -0.3 is 10.6 Å². The van der Waals surface area contributed by atoms with Crippen LogP contribution in [0.4, 0.5) is 19.1 Å². The number of halogens is 3. The van der Waals surface area contributed by atoms with E-state index < -0.39 is 11.7 Å². The molecule has 0 spiro atoms. The van der Waals surface area contributed by atoms with Crippen molar-refractivity contribution in [1.82, 2.24) is 15.3 Å². The zero-order valence-corrected chi connectivity index (χ0v) is 18.6. The van der Waals surface area contributed by atoms with Crippen LogP contribution in [-0.4, -0.2) is 23.3 Å². The number of hydrogen-bond acceptors (Lipinski definition) is 6. The first-order chi connectivity index (χ1) is 14.4. The van der Waals surface area contributed by atoms with Crippen LogP contribution >= 0.6 is 23.1 Å². The summed E-state index contributed by atoms with van der Waals surface area (Å²) in [6.07, 6.45) is -0.638. The van der Waals surface area contributed by atoms with Crippen LogP contribution in [0.1, 0.15) is 29.2 Å². The molecule has 0 radical (unpaired) electrons. The maximum Gasteiger partial charge on any atom is 0.420 e. The summed E-state index contributed by atoms with van der Waals surface area (Å²) in [5, 5.41) is 7.79. The van der Waals surface area contributed by atoms with Crippen molar-refractivity contribution in [2.75, 3.05) is 18.6 Å². The molecule has 0 aliphatic carbocycles. The number of alkyl halides is 3. The fourth-order valence-electron chi connectivity index (χ4n) is 3.02. The molecule has 30 heavy (non-hydrogen) atoms. The van der Waals surface area contributed by atoms with Gasteiger partial charge in [-0.05, 0) is 35.4 Å². The zero-order valence-electron chi connectivity index (χ0n) is 16.9. The van der Waals surface area contributed by atoms with Gasteiger partial charge in [-0.3, -0.25) is 0 Å². The summed E-state index contributed by atoms with van der Waals surface area (Å²) in [5.41, 5.74) is 3.51. The van der Waals surface area contributed by atoms with Crippen LogP contribution in [0, 0.1) is 0 Å². The van der Waals surface area contributed by atoms with Crippen LogP contribution in [0.3, 0.4) is 0 Å². The van der Waals surface area contributed by atoms with E-state index >= 15 is 0 Å². The molecule has 0 saturated heterocycles. The minimum Gasteiger partial charge on any atom is -0.357 e. The van der Waals surface area contributed by atoms with Gasteiger partial charge in [0.15, 0.2) is 0 Å². The number of aryl methyl sites for hydroxylation is 1. The molecular weight excluding hydrogens is 429 g/mol. The molecular formula is C21H23F3N4S2. The molecule has 0 unspecified atom stereocenters. The number of thioether (sulfide) groups is 1. The van der Waals surface area contributed by atoms with Crippen molar-refractivity contribution in [3.63, 3.8) is 0 Å². The second-order valence-electron chi connectivity index (χ2n) is 6.61. The first-order valence-electron chi connectivity index (χ1n) is 9.42. The number of rotatable bonds is 4. The molecule has 2 N–H and O–H groups in total. The highest BCUT2D eigenvalue weighted by molar-refractivity contribution is 7.98. The molecule has 0 atom stereocenters. The minimum atomic E-state index is -4.47. The van der Waals surface area contributed by atoms with Gasteiger partial charge in [0.05, 0.1) is 10.6 Å². The molecule has 4 rings (SSSR count). The number of nitrogens with one attached hydrogen (secondary N) is 2. The third-order valence-electron chi connectivity index (χ3n) is 4.67. The molecule has 160 valence electrons. The highest BCUT2D eigenvalue weighted by Gasteiger charge is 2.35. The quantitative estimate of drug-likeness (QED) is 0.487. The first-order valence-corrected chi connectivity index (χ1v) is 11.5. The lowest BCUT2D eigenvalue weighted by molar-refractivity contribution is -0.137. The Morgan fingerprint density at radius 2 is 1.97 bits per heavy atom. The van der Waals surface area contributed by atoms with E-state index in [9.17, 15) is 13.2 Å². The monoisotopic (exact) mass is 452 g/mol. The van der Waals surface area contributed by atoms with Crippen LogP contribution in [0.15, 0.2) is 40.7 Å². The Labute approximate surface area is 182 Å². The van der Waals surface area contributed by atoms with Crippen molar-refractivity contribution in [2.45, 2.75) is 37.5 Å². The Balaban J connectivity index is 0.000000196. The van der Waals surface area contributed by atoms with Crippen LogP contribution in [0.2, 0.25) is 0 Å². The number of anilines is 1. The highest BCUT2D eigenvalue weighted by Crippen LogP contribution is 2.39. The molecule has 3 heterocycles. The number of thiophene rings is 1. The third kappa shape index (κ3) is 5.33. The maximum atomic E-state index is 13.0. The van der Waals surface area contributed by atoms with Gasteiger partial charge in [0, 0.05) is 36.6 Å². The van der Waals surface area contributed by atoms with Crippen molar-refractivity contribution in [3.8, 4) is 10.6 Å². The molecule has 9 heteroatoms. The largest absolute Gasteiger partial charge is 0.420 e. The average molecular weight is 453 g/mol. The van der Waals surface area contributed by atoms with E-state index in [1.54, 1.807) is 18.5 Å². The van der Waals surface area contributed by atoms with E-state index in [1.165, 1.54) is 39.8 Å². The Morgan fingerprint density at radius 1 is 1.20 bits per heavy atom. The number of benzene rings is 1. The second kappa shape index (κ2) is 9.80. The summed E-state index contributed by atoms with van der Waals surface area (Å²) in [6, 6.07) is 8.49. The molecule has 1 aliphatic rings. The van der Waals surface area contributed by atoms with Gasteiger partial charge in [-0.1, -0.05) is 25.1 Å². The number of nitrogens with zero attached hydrogens (tertiary/aromatic N) is 2. The van der Waals surface area contributed by atoms with Crippen molar-refractivity contribution < 1.29 is 13.2 Å². The van der Waals surface area contributed by atoms with Gasteiger partial charge in [0.1, 0.15) is 5.56 Å². The summed E-state index contributed by atoms with van der Waals surface area (Å²) in [5.74, 6) is 0.169. The van der Waals surface area contributed by atoms with Crippen molar-refractivity contribution >= 4 is 29.0 Å². The number of hydrogen-bond donors (Lipinski definition) is 2. The highest BCUT2D eigenvalue weighted by atomic mass is 32.2. The Kier molecular flexibility index (Phi) is 7.38. The van der Waals surface area contributed by atoms with Crippen molar-refractivity contribution in [1.29, 1.82) is 0 Å². The lowest BCUT2D eigenvalue weighted by Crippen LogP contribution is -2.10. The van der Waals surface area contributed by atoms with Crippen LogP contribution in [0.5, 0.6) is 0 Å². The average Bonchev–Trinajstić information content (AvgIpc) is 3.41. The Hall–Kier alpha value is -2.10. The molecule has 1 aliphatic heterocycles. The smallest absolute Gasteiger partial charge is 0.357 e. The number of aromatic nitrogens is 2. The molecule has 0 bridgehead atoms. The lowest BCUT2D eigenvalue weighted by atomic mass is 10.1. The van der Waals surface area contributed by atoms with Gasteiger partial charge in [-0.25, -0.2) is 9.97 Å².